The first-order valence-corrected chi connectivity index (χ1v) is 13.2. The van der Waals surface area contributed by atoms with Crippen LogP contribution < -0.4 is 14.8 Å². The summed E-state index contributed by atoms with van der Waals surface area (Å²) in [5.74, 6) is -0.174. The molecule has 7 nitrogen and oxygen atoms in total. The molecule has 3 aromatic carbocycles. The Morgan fingerprint density at radius 2 is 1.81 bits per heavy atom. The van der Waals surface area contributed by atoms with Crippen LogP contribution in [0.15, 0.2) is 70.0 Å². The minimum Gasteiger partial charge on any atom is -0.493 e. The molecule has 0 atom stereocenters. The van der Waals surface area contributed by atoms with Crippen molar-refractivity contribution < 1.29 is 23.9 Å². The zero-order valence-electron chi connectivity index (χ0n) is 19.3. The van der Waals surface area contributed by atoms with Crippen molar-refractivity contribution >= 4 is 79.7 Å². The minimum absolute atomic E-state index is 0.174. The summed E-state index contributed by atoms with van der Waals surface area (Å²) in [5, 5.41) is 3.05. The molecule has 0 aromatic heterocycles. The average Bonchev–Trinajstić information content (AvgIpc) is 3.13. The van der Waals surface area contributed by atoms with E-state index in [0.29, 0.717) is 43.9 Å². The lowest BCUT2D eigenvalue weighted by atomic mass is 10.1. The van der Waals surface area contributed by atoms with Crippen molar-refractivity contribution in [1.82, 2.24) is 4.90 Å². The Morgan fingerprint density at radius 3 is 2.51 bits per heavy atom. The molecule has 3 amide bonds. The molecule has 1 aliphatic heterocycles. The van der Waals surface area contributed by atoms with Gasteiger partial charge >= 0.3 is 0 Å². The molecule has 3 aromatic rings. The van der Waals surface area contributed by atoms with Crippen LogP contribution >= 0.6 is 50.9 Å². The van der Waals surface area contributed by atoms with E-state index >= 15 is 0 Å². The molecule has 1 heterocycles. The van der Waals surface area contributed by atoms with Gasteiger partial charge in [-0.05, 0) is 65.4 Å². The first-order valence-electron chi connectivity index (χ1n) is 10.8. The molecule has 0 bridgehead atoms. The molecular formula is C26H19BrCl2N2O5S. The number of rotatable bonds is 8. The molecule has 11 heteroatoms. The first-order chi connectivity index (χ1) is 17.7. The fourth-order valence-corrected chi connectivity index (χ4v) is 4.92. The van der Waals surface area contributed by atoms with Gasteiger partial charge in [-0.1, -0.05) is 63.4 Å². The van der Waals surface area contributed by atoms with E-state index in [1.165, 1.54) is 7.11 Å². The number of imide groups is 1. The van der Waals surface area contributed by atoms with E-state index in [1.54, 1.807) is 54.6 Å². The second-order valence-corrected chi connectivity index (χ2v) is 10.4. The van der Waals surface area contributed by atoms with E-state index in [0.717, 1.165) is 22.2 Å². The Kier molecular flexibility index (Phi) is 8.81. The van der Waals surface area contributed by atoms with E-state index in [2.05, 4.69) is 21.2 Å². The van der Waals surface area contributed by atoms with Crippen LogP contribution in [0.25, 0.3) is 6.08 Å². The van der Waals surface area contributed by atoms with Gasteiger partial charge in [0.05, 0.1) is 22.7 Å². The second kappa shape index (κ2) is 12.0. The molecule has 4 rings (SSSR count). The molecule has 1 aliphatic rings. The van der Waals surface area contributed by atoms with Gasteiger partial charge in [-0.3, -0.25) is 19.3 Å². The zero-order valence-corrected chi connectivity index (χ0v) is 23.2. The van der Waals surface area contributed by atoms with Gasteiger partial charge in [0.1, 0.15) is 13.2 Å². The predicted molar refractivity (Wildman–Crippen MR) is 149 cm³/mol. The topological polar surface area (TPSA) is 84.9 Å². The number of ether oxygens (including phenoxy) is 2. The highest BCUT2D eigenvalue weighted by atomic mass is 79.9. The Balaban J connectivity index is 1.47. The fourth-order valence-electron chi connectivity index (χ4n) is 3.35. The van der Waals surface area contributed by atoms with Crippen molar-refractivity contribution in [2.75, 3.05) is 19.0 Å². The quantitative estimate of drug-likeness (QED) is 0.272. The maximum atomic E-state index is 12.9. The van der Waals surface area contributed by atoms with Crippen LogP contribution in [0.2, 0.25) is 10.0 Å². The lowest BCUT2D eigenvalue weighted by Gasteiger charge is -2.14. The molecule has 0 radical (unpaired) electrons. The molecule has 1 N–H and O–H groups in total. The lowest BCUT2D eigenvalue weighted by molar-refractivity contribution is -0.127. The number of nitrogens with one attached hydrogen (secondary N) is 1. The van der Waals surface area contributed by atoms with Crippen LogP contribution in [-0.2, 0) is 16.2 Å². The van der Waals surface area contributed by atoms with Gasteiger partial charge in [0.2, 0.25) is 5.91 Å². The van der Waals surface area contributed by atoms with Gasteiger partial charge in [-0.2, -0.15) is 0 Å². The second-order valence-electron chi connectivity index (χ2n) is 7.74. The third-order valence-electron chi connectivity index (χ3n) is 5.20. The number of nitrogens with zero attached hydrogens (tertiary/aromatic N) is 1. The number of carbonyl (C=O) groups is 3. The van der Waals surface area contributed by atoms with Gasteiger partial charge in [-0.25, -0.2) is 0 Å². The summed E-state index contributed by atoms with van der Waals surface area (Å²) in [5.41, 5.74) is 1.92. The lowest BCUT2D eigenvalue weighted by Crippen LogP contribution is -2.36. The molecular weight excluding hydrogens is 603 g/mol. The van der Waals surface area contributed by atoms with E-state index < -0.39 is 23.6 Å². The molecule has 37 heavy (non-hydrogen) atoms. The maximum Gasteiger partial charge on any atom is 0.294 e. The third kappa shape index (κ3) is 6.67. The standard InChI is InChI=1S/C26H19BrCl2N2O5S/c1-35-21-10-16(18(27)12-22(21)36-14-15-6-8-17(28)9-7-15)11-23-25(33)31(26(34)37-23)13-24(32)30-20-5-3-2-4-19(20)29/h2-12H,13-14H2,1H3,(H,30,32)/b23-11+. The van der Waals surface area contributed by atoms with Crippen molar-refractivity contribution in [2.24, 2.45) is 0 Å². The van der Waals surface area contributed by atoms with Gasteiger partial charge < -0.3 is 14.8 Å². The Hall–Kier alpha value is -2.98. The fraction of sp³-hybridized carbons (Fsp3) is 0.115. The van der Waals surface area contributed by atoms with E-state index in [-0.39, 0.29) is 4.91 Å². The number of methoxy groups -OCH3 is 1. The molecule has 1 fully saturated rings. The smallest absolute Gasteiger partial charge is 0.294 e. The summed E-state index contributed by atoms with van der Waals surface area (Å²) < 4.78 is 12.0. The largest absolute Gasteiger partial charge is 0.493 e. The molecule has 1 saturated heterocycles. The van der Waals surface area contributed by atoms with E-state index in [9.17, 15) is 14.4 Å². The number of benzene rings is 3. The number of para-hydroxylation sites is 1. The molecule has 190 valence electrons. The maximum absolute atomic E-state index is 12.9. The Labute approximate surface area is 235 Å². The van der Waals surface area contributed by atoms with Crippen molar-refractivity contribution in [3.63, 3.8) is 0 Å². The van der Waals surface area contributed by atoms with Gasteiger partial charge in [0.15, 0.2) is 11.5 Å². The Morgan fingerprint density at radius 1 is 1.08 bits per heavy atom. The zero-order chi connectivity index (χ0) is 26.5. The van der Waals surface area contributed by atoms with Crippen LogP contribution in [0.3, 0.4) is 0 Å². The number of hydrogen-bond donors (Lipinski definition) is 1. The molecule has 0 spiro atoms. The number of anilines is 1. The number of hydrogen-bond acceptors (Lipinski definition) is 6. The highest BCUT2D eigenvalue weighted by molar-refractivity contribution is 9.10. The SMILES string of the molecule is COc1cc(/C=C2/SC(=O)N(CC(=O)Nc3ccccc3Cl)C2=O)c(Br)cc1OCc1ccc(Cl)cc1. The summed E-state index contributed by atoms with van der Waals surface area (Å²) in [4.78, 5) is 38.9. The minimum atomic E-state index is -0.571. The van der Waals surface area contributed by atoms with Crippen molar-refractivity contribution in [3.05, 3.63) is 91.2 Å². The van der Waals surface area contributed by atoms with Crippen molar-refractivity contribution in [3.8, 4) is 11.5 Å². The number of thioether (sulfide) groups is 1. The number of halogens is 3. The summed E-state index contributed by atoms with van der Waals surface area (Å²) in [6.45, 7) is -0.135. The molecule has 0 aliphatic carbocycles. The van der Waals surface area contributed by atoms with Gasteiger partial charge in [0, 0.05) is 9.50 Å². The van der Waals surface area contributed by atoms with Crippen molar-refractivity contribution in [2.45, 2.75) is 6.61 Å². The highest BCUT2D eigenvalue weighted by Crippen LogP contribution is 2.38. The average molecular weight is 622 g/mol. The summed E-state index contributed by atoms with van der Waals surface area (Å²) >= 11 is 16.2. The van der Waals surface area contributed by atoms with Crippen LogP contribution in [0, 0.1) is 0 Å². The van der Waals surface area contributed by atoms with Crippen LogP contribution in [0.1, 0.15) is 11.1 Å². The van der Waals surface area contributed by atoms with Gasteiger partial charge in [0.25, 0.3) is 11.1 Å². The summed E-state index contributed by atoms with van der Waals surface area (Å²) in [6, 6.07) is 17.4. The van der Waals surface area contributed by atoms with Crippen LogP contribution in [0.5, 0.6) is 11.5 Å². The number of amides is 3. The number of carbonyl (C=O) groups excluding carboxylic acids is 3. The van der Waals surface area contributed by atoms with E-state index in [1.807, 2.05) is 12.1 Å². The predicted octanol–water partition coefficient (Wildman–Crippen LogP) is 7.02. The normalized spacial score (nSPS) is 14.3. The summed E-state index contributed by atoms with van der Waals surface area (Å²) in [6.07, 6.45) is 1.56. The van der Waals surface area contributed by atoms with Crippen LogP contribution in [-0.4, -0.2) is 35.6 Å². The third-order valence-corrected chi connectivity index (χ3v) is 7.38. The Bertz CT molecular complexity index is 1400. The van der Waals surface area contributed by atoms with Crippen LogP contribution in [0.4, 0.5) is 10.5 Å². The van der Waals surface area contributed by atoms with Gasteiger partial charge in [-0.15, -0.1) is 0 Å². The monoisotopic (exact) mass is 620 g/mol. The molecule has 0 saturated carbocycles. The highest BCUT2D eigenvalue weighted by Gasteiger charge is 2.36. The van der Waals surface area contributed by atoms with Crippen molar-refractivity contribution in [1.29, 1.82) is 0 Å². The van der Waals surface area contributed by atoms with E-state index in [4.69, 9.17) is 32.7 Å². The summed E-state index contributed by atoms with van der Waals surface area (Å²) in [7, 11) is 1.51. The first kappa shape index (κ1) is 27.1. The molecule has 0 unspecified atom stereocenters.